The lowest BCUT2D eigenvalue weighted by Crippen LogP contribution is -2.43. The van der Waals surface area contributed by atoms with Gasteiger partial charge in [-0.2, -0.15) is 0 Å². The van der Waals surface area contributed by atoms with E-state index in [0.717, 1.165) is 10.0 Å². The molecule has 1 aromatic carbocycles. The summed E-state index contributed by atoms with van der Waals surface area (Å²) in [6.07, 6.45) is 1.10. The number of amides is 1. The van der Waals surface area contributed by atoms with Crippen molar-refractivity contribution in [2.45, 2.75) is 19.4 Å². The van der Waals surface area contributed by atoms with Crippen LogP contribution in [0.15, 0.2) is 28.7 Å². The van der Waals surface area contributed by atoms with Gasteiger partial charge in [-0.25, -0.2) is 0 Å². The molecule has 1 aliphatic rings. The number of aliphatic carboxylic acids is 1. The second-order valence-electron chi connectivity index (χ2n) is 5.22. The molecule has 0 unspecified atom stereocenters. The number of rotatable bonds is 5. The highest BCUT2D eigenvalue weighted by Crippen LogP contribution is 2.17. The van der Waals surface area contributed by atoms with Crippen LogP contribution < -0.4 is 5.32 Å². The van der Waals surface area contributed by atoms with Gasteiger partial charge in [-0.1, -0.05) is 28.1 Å². The third-order valence-electron chi connectivity index (χ3n) is 3.72. The van der Waals surface area contributed by atoms with Crippen molar-refractivity contribution in [2.24, 2.45) is 5.92 Å². The minimum absolute atomic E-state index is 0.0379. The molecule has 21 heavy (non-hydrogen) atoms. The molecule has 0 radical (unpaired) electrons. The lowest BCUT2D eigenvalue weighted by Gasteiger charge is -2.30. The first kappa shape index (κ1) is 16.0. The maximum Gasteiger partial charge on any atom is 0.306 e. The first-order chi connectivity index (χ1) is 10.1. The highest BCUT2D eigenvalue weighted by molar-refractivity contribution is 9.10. The molecule has 0 saturated carbocycles. The molecule has 6 heteroatoms. The number of likely N-dealkylation sites (tertiary alicyclic amines) is 1. The summed E-state index contributed by atoms with van der Waals surface area (Å²) in [4.78, 5) is 24.6. The third-order valence-corrected chi connectivity index (χ3v) is 4.24. The maximum atomic E-state index is 12.0. The van der Waals surface area contributed by atoms with E-state index in [1.165, 1.54) is 0 Å². The summed E-state index contributed by atoms with van der Waals surface area (Å²) in [6, 6.07) is 7.94. The van der Waals surface area contributed by atoms with E-state index in [1.54, 1.807) is 4.90 Å². The van der Waals surface area contributed by atoms with E-state index >= 15 is 0 Å². The molecule has 1 heterocycles. The Morgan fingerprint density at radius 3 is 2.43 bits per heavy atom. The van der Waals surface area contributed by atoms with Gasteiger partial charge in [0.15, 0.2) is 0 Å². The zero-order valence-corrected chi connectivity index (χ0v) is 13.3. The number of piperidine rings is 1. The van der Waals surface area contributed by atoms with Gasteiger partial charge in [0.1, 0.15) is 0 Å². The average Bonchev–Trinajstić information content (AvgIpc) is 2.49. The molecule has 0 aromatic heterocycles. The van der Waals surface area contributed by atoms with Gasteiger partial charge in [0, 0.05) is 24.1 Å². The number of halogens is 1. The quantitative estimate of drug-likeness (QED) is 0.846. The van der Waals surface area contributed by atoms with Crippen molar-refractivity contribution in [3.63, 3.8) is 0 Å². The normalized spacial score (nSPS) is 16.0. The van der Waals surface area contributed by atoms with Gasteiger partial charge in [-0.05, 0) is 30.5 Å². The molecule has 1 aliphatic heterocycles. The van der Waals surface area contributed by atoms with Crippen LogP contribution >= 0.6 is 15.9 Å². The minimum Gasteiger partial charge on any atom is -0.481 e. The molecule has 0 atom stereocenters. The van der Waals surface area contributed by atoms with E-state index in [4.69, 9.17) is 5.11 Å². The Morgan fingerprint density at radius 2 is 1.86 bits per heavy atom. The van der Waals surface area contributed by atoms with Crippen LogP contribution in [0.4, 0.5) is 0 Å². The Hall–Kier alpha value is -1.40. The number of benzene rings is 1. The number of nitrogens with zero attached hydrogens (tertiary/aromatic N) is 1. The second-order valence-corrected chi connectivity index (χ2v) is 6.14. The zero-order chi connectivity index (χ0) is 15.2. The fourth-order valence-electron chi connectivity index (χ4n) is 2.40. The number of carboxylic acids is 1. The molecule has 1 fully saturated rings. The fourth-order valence-corrected chi connectivity index (χ4v) is 2.67. The van der Waals surface area contributed by atoms with Gasteiger partial charge in [0.2, 0.25) is 5.91 Å². The average molecular weight is 355 g/mol. The van der Waals surface area contributed by atoms with Crippen LogP contribution in [0, 0.1) is 5.92 Å². The van der Waals surface area contributed by atoms with Crippen LogP contribution in [0.5, 0.6) is 0 Å². The van der Waals surface area contributed by atoms with Crippen molar-refractivity contribution in [3.05, 3.63) is 34.3 Å². The van der Waals surface area contributed by atoms with Crippen molar-refractivity contribution in [2.75, 3.05) is 19.6 Å². The highest BCUT2D eigenvalue weighted by atomic mass is 79.9. The summed E-state index contributed by atoms with van der Waals surface area (Å²) >= 11 is 3.38. The second kappa shape index (κ2) is 7.56. The summed E-state index contributed by atoms with van der Waals surface area (Å²) in [6.45, 7) is 2.00. The molecule has 0 aliphatic carbocycles. The number of hydrogen-bond acceptors (Lipinski definition) is 3. The largest absolute Gasteiger partial charge is 0.481 e. The van der Waals surface area contributed by atoms with Gasteiger partial charge in [-0.15, -0.1) is 0 Å². The maximum absolute atomic E-state index is 12.0. The van der Waals surface area contributed by atoms with Crippen LogP contribution in [0.25, 0.3) is 0 Å². The highest BCUT2D eigenvalue weighted by Gasteiger charge is 2.26. The zero-order valence-electron chi connectivity index (χ0n) is 11.7. The molecule has 2 rings (SSSR count). The van der Waals surface area contributed by atoms with Gasteiger partial charge >= 0.3 is 5.97 Å². The van der Waals surface area contributed by atoms with Gasteiger partial charge < -0.3 is 15.3 Å². The van der Waals surface area contributed by atoms with Crippen molar-refractivity contribution >= 4 is 27.8 Å². The molecule has 0 bridgehead atoms. The van der Waals surface area contributed by atoms with Crippen LogP contribution in [0.2, 0.25) is 0 Å². The van der Waals surface area contributed by atoms with Gasteiger partial charge in [0.25, 0.3) is 0 Å². The predicted molar refractivity (Wildman–Crippen MR) is 82.8 cm³/mol. The Morgan fingerprint density at radius 1 is 1.24 bits per heavy atom. The standard InChI is InChI=1S/C15H19BrN2O3/c16-13-3-1-11(2-4-13)9-17-10-14(19)18-7-5-12(6-8-18)15(20)21/h1-4,12,17H,5-10H2,(H,20,21). The van der Waals surface area contributed by atoms with Crippen molar-refractivity contribution in [1.82, 2.24) is 10.2 Å². The SMILES string of the molecule is O=C(O)C1CCN(C(=O)CNCc2ccc(Br)cc2)CC1. The molecule has 5 nitrogen and oxygen atoms in total. The van der Waals surface area contributed by atoms with E-state index in [1.807, 2.05) is 24.3 Å². The van der Waals surface area contributed by atoms with Crippen LogP contribution in [-0.4, -0.2) is 41.5 Å². The molecule has 1 saturated heterocycles. The van der Waals surface area contributed by atoms with Gasteiger partial charge in [-0.3, -0.25) is 9.59 Å². The summed E-state index contributed by atoms with van der Waals surface area (Å²) < 4.78 is 1.03. The number of hydrogen-bond donors (Lipinski definition) is 2. The Kier molecular flexibility index (Phi) is 5.76. The fraction of sp³-hybridized carbons (Fsp3) is 0.467. The minimum atomic E-state index is -0.754. The topological polar surface area (TPSA) is 69.6 Å². The van der Waals surface area contributed by atoms with Gasteiger partial charge in [0.05, 0.1) is 12.5 Å². The lowest BCUT2D eigenvalue weighted by molar-refractivity contribution is -0.145. The van der Waals surface area contributed by atoms with Crippen LogP contribution in [0.3, 0.4) is 0 Å². The first-order valence-electron chi connectivity index (χ1n) is 7.02. The predicted octanol–water partition coefficient (Wildman–Crippen LogP) is 1.86. The third kappa shape index (κ3) is 4.82. The van der Waals surface area contributed by atoms with E-state index < -0.39 is 5.97 Å². The lowest BCUT2D eigenvalue weighted by atomic mass is 9.97. The molecule has 1 amide bonds. The van der Waals surface area contributed by atoms with Crippen molar-refractivity contribution in [1.29, 1.82) is 0 Å². The molecule has 114 valence electrons. The summed E-state index contributed by atoms with van der Waals surface area (Å²) in [5.41, 5.74) is 1.12. The van der Waals surface area contributed by atoms with Crippen molar-refractivity contribution < 1.29 is 14.7 Å². The number of carbonyl (C=O) groups is 2. The number of carbonyl (C=O) groups excluding carboxylic acids is 1. The first-order valence-corrected chi connectivity index (χ1v) is 7.81. The summed E-state index contributed by atoms with van der Waals surface area (Å²) in [7, 11) is 0. The smallest absolute Gasteiger partial charge is 0.306 e. The van der Waals surface area contributed by atoms with Crippen LogP contribution in [-0.2, 0) is 16.1 Å². The Bertz CT molecular complexity index is 496. The van der Waals surface area contributed by atoms with E-state index in [9.17, 15) is 9.59 Å². The molecule has 2 N–H and O–H groups in total. The Balaban J connectivity index is 1.70. The number of carboxylic acid groups (broad SMARTS) is 1. The Labute approximate surface area is 132 Å². The monoisotopic (exact) mass is 354 g/mol. The number of nitrogens with one attached hydrogen (secondary N) is 1. The van der Waals surface area contributed by atoms with E-state index in [0.29, 0.717) is 32.5 Å². The molecule has 0 spiro atoms. The summed E-state index contributed by atoms with van der Waals surface area (Å²) in [5, 5.41) is 12.1. The van der Waals surface area contributed by atoms with E-state index in [2.05, 4.69) is 21.2 Å². The molecular weight excluding hydrogens is 336 g/mol. The summed E-state index contributed by atoms with van der Waals surface area (Å²) in [5.74, 6) is -1.02. The van der Waals surface area contributed by atoms with Crippen molar-refractivity contribution in [3.8, 4) is 0 Å². The molecule has 1 aromatic rings. The molecular formula is C15H19BrN2O3. The van der Waals surface area contributed by atoms with E-state index in [-0.39, 0.29) is 18.4 Å². The van der Waals surface area contributed by atoms with Crippen LogP contribution in [0.1, 0.15) is 18.4 Å².